The number of hydrogen-bond donors (Lipinski definition) is 0. The van der Waals surface area contributed by atoms with E-state index in [1.165, 1.54) is 12.1 Å². The summed E-state index contributed by atoms with van der Waals surface area (Å²) in [5, 5.41) is 0. The van der Waals surface area contributed by atoms with Gasteiger partial charge in [-0.15, -0.1) is 0 Å². The Morgan fingerprint density at radius 1 is 1.07 bits per heavy atom. The minimum absolute atomic E-state index is 0.136. The predicted molar refractivity (Wildman–Crippen MR) is 114 cm³/mol. The fourth-order valence-corrected chi connectivity index (χ4v) is 6.15. The van der Waals surface area contributed by atoms with Gasteiger partial charge in [-0.25, -0.2) is 17.8 Å². The second-order valence-electron chi connectivity index (χ2n) is 7.94. The SMILES string of the molecule is Cc1ccc(S(=O)(=O)N2C(CCc3nccn3C)CCC2c2ccc(F)cc2)cc1. The van der Waals surface area contributed by atoms with Crippen molar-refractivity contribution in [3.05, 3.63) is 83.7 Å². The molecule has 0 N–H and O–H groups in total. The molecule has 1 saturated heterocycles. The van der Waals surface area contributed by atoms with Crippen molar-refractivity contribution in [3.8, 4) is 0 Å². The van der Waals surface area contributed by atoms with E-state index in [4.69, 9.17) is 0 Å². The molecule has 0 saturated carbocycles. The number of nitrogens with zero attached hydrogens (tertiary/aromatic N) is 3. The van der Waals surface area contributed by atoms with Gasteiger partial charge >= 0.3 is 0 Å². The van der Waals surface area contributed by atoms with Crippen LogP contribution in [0.3, 0.4) is 0 Å². The lowest BCUT2D eigenvalue weighted by atomic mass is 10.0. The van der Waals surface area contributed by atoms with Gasteiger partial charge in [-0.3, -0.25) is 0 Å². The first kappa shape index (κ1) is 20.8. The van der Waals surface area contributed by atoms with Crippen LogP contribution in [0.5, 0.6) is 0 Å². The molecular formula is C23H26FN3O2S. The highest BCUT2D eigenvalue weighted by Crippen LogP contribution is 2.42. The number of hydrogen-bond acceptors (Lipinski definition) is 3. The lowest BCUT2D eigenvalue weighted by Crippen LogP contribution is -2.37. The Morgan fingerprint density at radius 2 is 1.77 bits per heavy atom. The summed E-state index contributed by atoms with van der Waals surface area (Å²) in [5.74, 6) is 0.615. The average molecular weight is 428 g/mol. The van der Waals surface area contributed by atoms with E-state index >= 15 is 0 Å². The highest BCUT2D eigenvalue weighted by molar-refractivity contribution is 7.89. The van der Waals surface area contributed by atoms with Crippen molar-refractivity contribution in [3.63, 3.8) is 0 Å². The van der Waals surface area contributed by atoms with Gasteiger partial charge in [0.25, 0.3) is 0 Å². The van der Waals surface area contributed by atoms with Crippen LogP contribution >= 0.6 is 0 Å². The molecule has 158 valence electrons. The van der Waals surface area contributed by atoms with Gasteiger partial charge in [0.05, 0.1) is 10.9 Å². The quantitative estimate of drug-likeness (QED) is 0.586. The summed E-state index contributed by atoms with van der Waals surface area (Å²) in [7, 11) is -1.76. The average Bonchev–Trinajstić information content (AvgIpc) is 3.33. The summed E-state index contributed by atoms with van der Waals surface area (Å²) < 4.78 is 44.4. The summed E-state index contributed by atoms with van der Waals surface area (Å²) in [4.78, 5) is 4.67. The first-order chi connectivity index (χ1) is 14.4. The van der Waals surface area contributed by atoms with Crippen LogP contribution in [-0.2, 0) is 23.5 Å². The fourth-order valence-electron chi connectivity index (χ4n) is 4.26. The molecule has 0 radical (unpaired) electrons. The Kier molecular flexibility index (Phi) is 5.75. The summed E-state index contributed by atoms with van der Waals surface area (Å²) in [6.45, 7) is 1.93. The number of sulfonamides is 1. The van der Waals surface area contributed by atoms with Crippen LogP contribution in [0, 0.1) is 12.7 Å². The van der Waals surface area contributed by atoms with Gasteiger partial charge in [0.1, 0.15) is 11.6 Å². The van der Waals surface area contributed by atoms with Crippen molar-refractivity contribution in [2.24, 2.45) is 7.05 Å². The molecule has 1 aliphatic rings. The van der Waals surface area contributed by atoms with Crippen molar-refractivity contribution in [1.82, 2.24) is 13.9 Å². The first-order valence-electron chi connectivity index (χ1n) is 10.2. The molecular weight excluding hydrogens is 401 g/mol. The topological polar surface area (TPSA) is 55.2 Å². The van der Waals surface area contributed by atoms with E-state index in [0.29, 0.717) is 24.2 Å². The fraction of sp³-hybridized carbons (Fsp3) is 0.348. The maximum atomic E-state index is 13.7. The molecule has 7 heteroatoms. The van der Waals surface area contributed by atoms with Gasteiger partial charge < -0.3 is 4.57 Å². The van der Waals surface area contributed by atoms with E-state index in [0.717, 1.165) is 23.4 Å². The summed E-state index contributed by atoms with van der Waals surface area (Å²) in [5.41, 5.74) is 1.84. The molecule has 4 rings (SSSR count). The van der Waals surface area contributed by atoms with Crippen molar-refractivity contribution < 1.29 is 12.8 Å². The van der Waals surface area contributed by atoms with Crippen LogP contribution in [0.15, 0.2) is 65.8 Å². The Bertz CT molecular complexity index is 1110. The van der Waals surface area contributed by atoms with E-state index < -0.39 is 10.0 Å². The molecule has 0 aliphatic carbocycles. The monoisotopic (exact) mass is 427 g/mol. The minimum Gasteiger partial charge on any atom is -0.338 e. The molecule has 3 aromatic rings. The van der Waals surface area contributed by atoms with E-state index in [1.54, 1.807) is 34.8 Å². The Hall–Kier alpha value is -2.51. The van der Waals surface area contributed by atoms with Crippen molar-refractivity contribution in [2.75, 3.05) is 0 Å². The number of imidazole rings is 1. The van der Waals surface area contributed by atoms with Gasteiger partial charge in [0.15, 0.2) is 0 Å². The smallest absolute Gasteiger partial charge is 0.243 e. The third-order valence-corrected chi connectivity index (χ3v) is 7.89. The number of aryl methyl sites for hydroxylation is 3. The minimum atomic E-state index is -3.70. The first-order valence-corrected chi connectivity index (χ1v) is 11.6. The van der Waals surface area contributed by atoms with Crippen LogP contribution in [0.2, 0.25) is 0 Å². The maximum Gasteiger partial charge on any atom is 0.243 e. The molecule has 2 atom stereocenters. The summed E-state index contributed by atoms with van der Waals surface area (Å²) >= 11 is 0. The van der Waals surface area contributed by atoms with E-state index in [-0.39, 0.29) is 17.9 Å². The third kappa shape index (κ3) is 4.04. The zero-order valence-electron chi connectivity index (χ0n) is 17.2. The highest BCUT2D eigenvalue weighted by Gasteiger charge is 2.42. The van der Waals surface area contributed by atoms with Crippen LogP contribution in [-0.4, -0.2) is 28.3 Å². The predicted octanol–water partition coefficient (Wildman–Crippen LogP) is 4.39. The second kappa shape index (κ2) is 8.32. The van der Waals surface area contributed by atoms with E-state index in [2.05, 4.69) is 4.98 Å². The molecule has 0 spiro atoms. The molecule has 5 nitrogen and oxygen atoms in total. The Labute approximate surface area is 177 Å². The number of aromatic nitrogens is 2. The molecule has 1 aromatic heterocycles. The number of halogens is 1. The van der Waals surface area contributed by atoms with Crippen molar-refractivity contribution in [2.45, 2.75) is 49.6 Å². The van der Waals surface area contributed by atoms with Gasteiger partial charge in [-0.05, 0) is 56.0 Å². The van der Waals surface area contributed by atoms with Gasteiger partial charge in [-0.1, -0.05) is 29.8 Å². The maximum absolute atomic E-state index is 13.7. The van der Waals surface area contributed by atoms with E-state index in [9.17, 15) is 12.8 Å². The number of rotatable bonds is 6. The highest BCUT2D eigenvalue weighted by atomic mass is 32.2. The molecule has 1 aliphatic heterocycles. The van der Waals surface area contributed by atoms with Crippen LogP contribution < -0.4 is 0 Å². The molecule has 30 heavy (non-hydrogen) atoms. The normalized spacial score (nSPS) is 20.0. The molecule has 1 fully saturated rings. The number of benzene rings is 2. The zero-order chi connectivity index (χ0) is 21.3. The van der Waals surface area contributed by atoms with Crippen LogP contribution in [0.25, 0.3) is 0 Å². The zero-order valence-corrected chi connectivity index (χ0v) is 18.0. The van der Waals surface area contributed by atoms with Gasteiger partial charge in [0, 0.05) is 31.9 Å². The molecule has 0 bridgehead atoms. The van der Waals surface area contributed by atoms with Crippen molar-refractivity contribution in [1.29, 1.82) is 0 Å². The molecule has 2 unspecified atom stereocenters. The summed E-state index contributed by atoms with van der Waals surface area (Å²) in [6.07, 6.45) is 6.51. The van der Waals surface area contributed by atoms with Gasteiger partial charge in [0.2, 0.25) is 10.0 Å². The third-order valence-electron chi connectivity index (χ3n) is 5.91. The van der Waals surface area contributed by atoms with Crippen LogP contribution in [0.4, 0.5) is 4.39 Å². The van der Waals surface area contributed by atoms with Gasteiger partial charge in [-0.2, -0.15) is 4.31 Å². The Balaban J connectivity index is 1.68. The molecule has 2 heterocycles. The molecule has 2 aromatic carbocycles. The lowest BCUT2D eigenvalue weighted by molar-refractivity contribution is 0.311. The second-order valence-corrected chi connectivity index (χ2v) is 9.78. The van der Waals surface area contributed by atoms with E-state index in [1.807, 2.05) is 36.9 Å². The summed E-state index contributed by atoms with van der Waals surface area (Å²) in [6, 6.07) is 12.7. The Morgan fingerprint density at radius 3 is 2.40 bits per heavy atom. The van der Waals surface area contributed by atoms with Crippen molar-refractivity contribution >= 4 is 10.0 Å². The standard InChI is InChI=1S/C23H26FN3O2S/c1-17-3-11-21(12-4-17)30(28,29)27-20(10-14-23-25-15-16-26(23)2)9-13-22(27)18-5-7-19(24)8-6-18/h3-8,11-12,15-16,20,22H,9-10,13-14H2,1-2H3. The molecule has 0 amide bonds. The van der Waals surface area contributed by atoms with Crippen LogP contribution in [0.1, 0.15) is 42.3 Å². The largest absolute Gasteiger partial charge is 0.338 e. The lowest BCUT2D eigenvalue weighted by Gasteiger charge is -2.30.